The molecule has 0 saturated carbocycles. The van der Waals surface area contributed by atoms with Crippen LogP contribution >= 0.6 is 0 Å². The van der Waals surface area contributed by atoms with Gasteiger partial charge < -0.3 is 24.6 Å². The van der Waals surface area contributed by atoms with E-state index in [0.29, 0.717) is 49.7 Å². The van der Waals surface area contributed by atoms with Crippen LogP contribution in [0.1, 0.15) is 34.7 Å². The minimum absolute atomic E-state index is 0.00963. The van der Waals surface area contributed by atoms with Crippen LogP contribution in [0.3, 0.4) is 0 Å². The Bertz CT molecular complexity index is 1390. The molecule has 8 heteroatoms. The summed E-state index contributed by atoms with van der Waals surface area (Å²) >= 11 is 0. The fourth-order valence-electron chi connectivity index (χ4n) is 5.27. The van der Waals surface area contributed by atoms with E-state index in [-0.39, 0.29) is 17.1 Å². The Hall–Kier alpha value is -4.14. The zero-order valence-corrected chi connectivity index (χ0v) is 22.6. The van der Waals surface area contributed by atoms with E-state index in [0.717, 1.165) is 30.8 Å². The van der Waals surface area contributed by atoms with Crippen molar-refractivity contribution in [3.05, 3.63) is 101 Å². The van der Waals surface area contributed by atoms with E-state index in [9.17, 15) is 19.8 Å². The molecule has 0 aromatic heterocycles. The number of hydrogen-bond donors (Lipinski definition) is 2. The van der Waals surface area contributed by atoms with Crippen LogP contribution in [0.2, 0.25) is 0 Å². The largest absolute Gasteiger partial charge is 0.508 e. The van der Waals surface area contributed by atoms with Crippen LogP contribution in [0.5, 0.6) is 11.5 Å². The zero-order chi connectivity index (χ0) is 28.1. The van der Waals surface area contributed by atoms with Crippen molar-refractivity contribution in [3.63, 3.8) is 0 Å². The highest BCUT2D eigenvalue weighted by atomic mass is 16.5. The standard InChI is InChI=1S/C32H34N2O6/c1-22-5-2-6-23(19-22)21-40-27-11-9-24(10-12-27)30(36)28-29(25-7-3-8-26(35)20-25)34(32(38)31(28)37)14-4-13-33-15-17-39-18-16-33/h2-3,5-12,19-20,29,35-36H,4,13-18,21H2,1H3/b30-28+. The molecule has 2 fully saturated rings. The summed E-state index contributed by atoms with van der Waals surface area (Å²) in [6.45, 7) is 6.57. The van der Waals surface area contributed by atoms with Gasteiger partial charge in [0.05, 0.1) is 24.8 Å². The first-order valence-electron chi connectivity index (χ1n) is 13.6. The number of aryl methyl sites for hydroxylation is 1. The summed E-state index contributed by atoms with van der Waals surface area (Å²) in [5.74, 6) is -1.02. The molecule has 2 aliphatic rings. The van der Waals surface area contributed by atoms with Gasteiger partial charge in [-0.3, -0.25) is 14.5 Å². The van der Waals surface area contributed by atoms with E-state index in [4.69, 9.17) is 9.47 Å². The number of phenolic OH excluding ortho intramolecular Hbond substituents is 1. The maximum Gasteiger partial charge on any atom is 0.295 e. The number of Topliss-reactive ketones (excluding diaryl/α,β-unsaturated/α-hetero) is 1. The number of hydrogen-bond acceptors (Lipinski definition) is 7. The Morgan fingerprint density at radius 1 is 0.975 bits per heavy atom. The molecule has 40 heavy (non-hydrogen) atoms. The number of carbonyl (C=O) groups is 2. The van der Waals surface area contributed by atoms with Crippen molar-refractivity contribution in [2.75, 3.05) is 39.4 Å². The van der Waals surface area contributed by atoms with Gasteiger partial charge in [0, 0.05) is 31.7 Å². The molecule has 3 aromatic rings. The highest BCUT2D eigenvalue weighted by Gasteiger charge is 2.45. The van der Waals surface area contributed by atoms with Crippen LogP contribution < -0.4 is 4.74 Å². The van der Waals surface area contributed by atoms with Gasteiger partial charge in [-0.2, -0.15) is 0 Å². The Kier molecular flexibility index (Phi) is 8.48. The first-order chi connectivity index (χ1) is 19.4. The average Bonchev–Trinajstić information content (AvgIpc) is 3.22. The zero-order valence-electron chi connectivity index (χ0n) is 22.6. The van der Waals surface area contributed by atoms with Gasteiger partial charge in [0.25, 0.3) is 11.7 Å². The second-order valence-corrected chi connectivity index (χ2v) is 10.2. The minimum atomic E-state index is -0.811. The van der Waals surface area contributed by atoms with Crippen LogP contribution in [0, 0.1) is 6.92 Å². The molecule has 3 aromatic carbocycles. The molecule has 2 heterocycles. The van der Waals surface area contributed by atoms with Crippen molar-refractivity contribution in [1.82, 2.24) is 9.80 Å². The molecule has 208 valence electrons. The third kappa shape index (κ3) is 6.19. The Morgan fingerprint density at radius 3 is 2.45 bits per heavy atom. The van der Waals surface area contributed by atoms with Gasteiger partial charge in [0.15, 0.2) is 0 Å². The van der Waals surface area contributed by atoms with Crippen molar-refractivity contribution in [2.45, 2.75) is 26.0 Å². The van der Waals surface area contributed by atoms with Crippen molar-refractivity contribution in [3.8, 4) is 11.5 Å². The highest BCUT2D eigenvalue weighted by Crippen LogP contribution is 2.40. The summed E-state index contributed by atoms with van der Waals surface area (Å²) in [6, 6.07) is 20.5. The normalized spacial score (nSPS) is 19.2. The fraction of sp³-hybridized carbons (Fsp3) is 0.312. The molecule has 5 rings (SSSR count). The topological polar surface area (TPSA) is 99.5 Å². The molecule has 1 unspecified atom stereocenters. The quantitative estimate of drug-likeness (QED) is 0.235. The van der Waals surface area contributed by atoms with Crippen LogP contribution in [0.15, 0.2) is 78.4 Å². The number of rotatable bonds is 9. The summed E-state index contributed by atoms with van der Waals surface area (Å²) in [5.41, 5.74) is 3.17. The van der Waals surface area contributed by atoms with E-state index < -0.39 is 17.7 Å². The summed E-state index contributed by atoms with van der Waals surface area (Å²) < 4.78 is 11.3. The van der Waals surface area contributed by atoms with Crippen LogP contribution in [0.25, 0.3) is 5.76 Å². The van der Waals surface area contributed by atoms with Gasteiger partial charge in [-0.15, -0.1) is 0 Å². The SMILES string of the molecule is Cc1cccc(COc2ccc(/C(O)=C3\C(=O)C(=O)N(CCCN4CCOCC4)C3c3cccc(O)c3)cc2)c1. The molecule has 0 aliphatic carbocycles. The van der Waals surface area contributed by atoms with E-state index in [2.05, 4.69) is 11.0 Å². The molecule has 8 nitrogen and oxygen atoms in total. The van der Waals surface area contributed by atoms with E-state index >= 15 is 0 Å². The minimum Gasteiger partial charge on any atom is -0.508 e. The van der Waals surface area contributed by atoms with Crippen LogP contribution in [-0.2, 0) is 20.9 Å². The maximum atomic E-state index is 13.3. The van der Waals surface area contributed by atoms with Gasteiger partial charge in [0.1, 0.15) is 23.9 Å². The lowest BCUT2D eigenvalue weighted by Crippen LogP contribution is -2.38. The molecule has 0 radical (unpaired) electrons. The lowest BCUT2D eigenvalue weighted by Gasteiger charge is -2.29. The van der Waals surface area contributed by atoms with Crippen molar-refractivity contribution < 1.29 is 29.3 Å². The van der Waals surface area contributed by atoms with E-state index in [1.807, 2.05) is 25.1 Å². The monoisotopic (exact) mass is 542 g/mol. The summed E-state index contributed by atoms with van der Waals surface area (Å²) in [4.78, 5) is 30.3. The Morgan fingerprint density at radius 2 is 1.73 bits per heavy atom. The number of aliphatic hydroxyl groups is 1. The number of ether oxygens (including phenoxy) is 2. The van der Waals surface area contributed by atoms with E-state index in [1.165, 1.54) is 17.0 Å². The third-order valence-corrected chi connectivity index (χ3v) is 7.32. The van der Waals surface area contributed by atoms with Gasteiger partial charge in [0.2, 0.25) is 0 Å². The third-order valence-electron chi connectivity index (χ3n) is 7.32. The predicted molar refractivity (Wildman–Crippen MR) is 151 cm³/mol. The number of nitrogens with zero attached hydrogens (tertiary/aromatic N) is 2. The van der Waals surface area contributed by atoms with E-state index in [1.54, 1.807) is 36.4 Å². The lowest BCUT2D eigenvalue weighted by molar-refractivity contribution is -0.140. The average molecular weight is 543 g/mol. The van der Waals surface area contributed by atoms with Crippen molar-refractivity contribution >= 4 is 17.4 Å². The van der Waals surface area contributed by atoms with Gasteiger partial charge in [-0.25, -0.2) is 0 Å². The molecule has 2 N–H and O–H groups in total. The molecule has 1 amide bonds. The first-order valence-corrected chi connectivity index (χ1v) is 13.6. The number of ketones is 1. The number of amides is 1. The molecule has 2 saturated heterocycles. The smallest absolute Gasteiger partial charge is 0.295 e. The lowest BCUT2D eigenvalue weighted by atomic mass is 9.95. The Labute approximate surface area is 234 Å². The number of aromatic hydroxyl groups is 1. The predicted octanol–water partition coefficient (Wildman–Crippen LogP) is 4.42. The number of carbonyl (C=O) groups excluding carboxylic acids is 2. The second-order valence-electron chi connectivity index (χ2n) is 10.2. The number of morpholine rings is 1. The molecule has 0 bridgehead atoms. The van der Waals surface area contributed by atoms with Gasteiger partial charge in [-0.05, 0) is 60.9 Å². The van der Waals surface area contributed by atoms with Crippen molar-refractivity contribution in [1.29, 1.82) is 0 Å². The second kappa shape index (κ2) is 12.4. The van der Waals surface area contributed by atoms with Gasteiger partial charge >= 0.3 is 0 Å². The fourth-order valence-corrected chi connectivity index (χ4v) is 5.27. The molecular weight excluding hydrogens is 508 g/mol. The molecule has 2 aliphatic heterocycles. The number of benzene rings is 3. The number of aliphatic hydroxyl groups excluding tert-OH is 1. The van der Waals surface area contributed by atoms with Crippen molar-refractivity contribution in [2.24, 2.45) is 0 Å². The maximum absolute atomic E-state index is 13.3. The summed E-state index contributed by atoms with van der Waals surface area (Å²) in [7, 11) is 0. The number of phenols is 1. The van der Waals surface area contributed by atoms with Crippen LogP contribution in [0.4, 0.5) is 0 Å². The molecule has 0 spiro atoms. The Balaban J connectivity index is 1.38. The summed E-state index contributed by atoms with van der Waals surface area (Å²) in [6.07, 6.45) is 0.662. The first kappa shape index (κ1) is 27.4. The van der Waals surface area contributed by atoms with Gasteiger partial charge in [-0.1, -0.05) is 42.0 Å². The van der Waals surface area contributed by atoms with Crippen LogP contribution in [-0.4, -0.2) is 71.1 Å². The highest BCUT2D eigenvalue weighted by molar-refractivity contribution is 6.46. The number of likely N-dealkylation sites (tertiary alicyclic amines) is 1. The summed E-state index contributed by atoms with van der Waals surface area (Å²) in [5, 5.41) is 21.5. The molecule has 1 atom stereocenters. The molecular formula is C32H34N2O6.